The molecule has 0 unspecified atom stereocenters. The smallest absolute Gasteiger partial charge is 0.309 e. The summed E-state index contributed by atoms with van der Waals surface area (Å²) in [5, 5.41) is 12.9. The van der Waals surface area contributed by atoms with E-state index >= 15 is 0 Å². The van der Waals surface area contributed by atoms with Crippen LogP contribution in [0.1, 0.15) is 64.1 Å². The van der Waals surface area contributed by atoms with Crippen molar-refractivity contribution in [2.24, 2.45) is 0 Å². The molecule has 268 valence electrons. The van der Waals surface area contributed by atoms with Gasteiger partial charge in [0.2, 0.25) is 0 Å². The second kappa shape index (κ2) is 13.7. The van der Waals surface area contributed by atoms with Gasteiger partial charge in [-0.1, -0.05) is 77.9 Å². The van der Waals surface area contributed by atoms with Crippen LogP contribution in [0, 0.1) is 26.0 Å². The number of aryl methyl sites for hydroxylation is 2. The van der Waals surface area contributed by atoms with E-state index in [-0.39, 0.29) is 31.9 Å². The third-order valence-electron chi connectivity index (χ3n) is 9.91. The van der Waals surface area contributed by atoms with Gasteiger partial charge >= 0.3 is 21.1 Å². The third kappa shape index (κ3) is 6.66. The van der Waals surface area contributed by atoms with Crippen molar-refractivity contribution in [2.75, 3.05) is 4.90 Å². The molecule has 8 rings (SSSR count). The van der Waals surface area contributed by atoms with Crippen molar-refractivity contribution < 1.29 is 21.1 Å². The average molecular weight is 876 g/mol. The number of benzene rings is 5. The minimum atomic E-state index is 0. The first-order valence-corrected chi connectivity index (χ1v) is 17.9. The number of hydrogen-bond acceptors (Lipinski definition) is 3. The summed E-state index contributed by atoms with van der Waals surface area (Å²) >= 11 is 0. The first-order chi connectivity index (χ1) is 24.9. The van der Waals surface area contributed by atoms with Gasteiger partial charge in [0.15, 0.2) is 11.6 Å². The van der Waals surface area contributed by atoms with Crippen LogP contribution < -0.4 is 4.90 Å². The topological polar surface area (TPSA) is 43.8 Å². The number of rotatable bonds is 6. The second-order valence-electron chi connectivity index (χ2n) is 15.8. The van der Waals surface area contributed by atoms with Crippen LogP contribution >= 0.6 is 0 Å². The van der Waals surface area contributed by atoms with Gasteiger partial charge in [-0.15, -0.1) is 12.1 Å². The molecule has 0 fully saturated rings. The van der Waals surface area contributed by atoms with Crippen molar-refractivity contribution in [3.05, 3.63) is 156 Å². The maximum atomic E-state index is 5.22. The van der Waals surface area contributed by atoms with Crippen LogP contribution in [-0.2, 0) is 31.9 Å². The van der Waals surface area contributed by atoms with E-state index in [1.165, 1.54) is 32.9 Å². The Labute approximate surface area is 327 Å². The van der Waals surface area contributed by atoms with Gasteiger partial charge in [-0.05, 0) is 72.5 Å². The van der Waals surface area contributed by atoms with Gasteiger partial charge in [0.25, 0.3) is 0 Å². The number of hydrogen-bond donors (Lipinski definition) is 0. The SMILES string of the molecule is Cc1cc(N(c2ccc(-n3c4ccccc4c4ccccc43)cc2)c2cc(C)n(-c3[c-]ccc(C(C)(C)C)c3)n2)nn1-c1[c-]ccc(C(C)(C)C)c1.[Pt+2]. The summed E-state index contributed by atoms with van der Waals surface area (Å²) < 4.78 is 6.30. The van der Waals surface area contributed by atoms with Gasteiger partial charge in [-0.25, -0.2) is 0 Å². The van der Waals surface area contributed by atoms with E-state index in [1.807, 2.05) is 21.5 Å². The number of nitrogens with zero attached hydrogens (tertiary/aromatic N) is 6. The van der Waals surface area contributed by atoms with Gasteiger partial charge in [-0.3, -0.25) is 14.3 Å². The fourth-order valence-electron chi connectivity index (χ4n) is 7.04. The number of aromatic nitrogens is 5. The van der Waals surface area contributed by atoms with E-state index < -0.39 is 0 Å². The Bertz CT molecular complexity index is 2420. The fourth-order valence-corrected chi connectivity index (χ4v) is 7.04. The minimum Gasteiger partial charge on any atom is -0.309 e. The van der Waals surface area contributed by atoms with Crippen LogP contribution in [0.15, 0.2) is 121 Å². The van der Waals surface area contributed by atoms with Gasteiger partial charge in [-0.2, -0.15) is 57.7 Å². The molecular weight excluding hydrogens is 832 g/mol. The van der Waals surface area contributed by atoms with Crippen molar-refractivity contribution in [3.63, 3.8) is 0 Å². The molecule has 7 heteroatoms. The first-order valence-electron chi connectivity index (χ1n) is 17.9. The molecule has 0 saturated carbocycles. The zero-order valence-corrected chi connectivity index (χ0v) is 33.8. The Balaban J connectivity index is 0.00000435. The van der Waals surface area contributed by atoms with E-state index in [4.69, 9.17) is 10.2 Å². The van der Waals surface area contributed by atoms with Crippen molar-refractivity contribution >= 4 is 39.1 Å². The third-order valence-corrected chi connectivity index (χ3v) is 9.91. The zero-order chi connectivity index (χ0) is 36.4. The fraction of sp³-hybridized carbons (Fsp3) is 0.217. The molecule has 0 amide bonds. The quantitative estimate of drug-likeness (QED) is 0.156. The Morgan fingerprint density at radius 1 is 0.547 bits per heavy atom. The van der Waals surface area contributed by atoms with Gasteiger partial charge < -0.3 is 4.57 Å². The van der Waals surface area contributed by atoms with Crippen LogP contribution in [0.3, 0.4) is 0 Å². The molecular formula is C46H44N6Pt. The second-order valence-corrected chi connectivity index (χ2v) is 15.8. The van der Waals surface area contributed by atoms with Gasteiger partial charge in [0.05, 0.1) is 11.0 Å². The summed E-state index contributed by atoms with van der Waals surface area (Å²) in [6.45, 7) is 17.5. The molecule has 0 atom stereocenters. The summed E-state index contributed by atoms with van der Waals surface area (Å²) in [4.78, 5) is 2.14. The van der Waals surface area contributed by atoms with E-state index in [9.17, 15) is 0 Å². The Kier molecular flexibility index (Phi) is 9.32. The van der Waals surface area contributed by atoms with Gasteiger partial charge in [0, 0.05) is 45.7 Å². The maximum Gasteiger partial charge on any atom is 2.00 e. The summed E-state index contributed by atoms with van der Waals surface area (Å²) in [6, 6.07) is 49.7. The van der Waals surface area contributed by atoms with E-state index in [1.54, 1.807) is 0 Å². The maximum absolute atomic E-state index is 5.22. The Morgan fingerprint density at radius 2 is 0.981 bits per heavy atom. The molecule has 3 heterocycles. The van der Waals surface area contributed by atoms with Crippen molar-refractivity contribution in [1.82, 2.24) is 24.1 Å². The van der Waals surface area contributed by atoms with E-state index in [0.717, 1.165) is 45.8 Å². The standard InChI is InChI=1S/C46H44N6.Pt/c1-31-27-43(47-51(31)37-17-13-15-33(29-37)45(3,4)5)50(44-28-32(2)52(48-44)38-18-14-16-34(30-38)46(6,7)8)36-25-23-35(24-26-36)49-41-21-11-9-19-39(41)40-20-10-12-22-42(40)49;/h9-16,19-30H,1-8H3;/q-2;+2. The van der Waals surface area contributed by atoms with Crippen molar-refractivity contribution in [2.45, 2.75) is 66.2 Å². The van der Waals surface area contributed by atoms with Gasteiger partial charge in [0.1, 0.15) is 0 Å². The molecule has 0 radical (unpaired) electrons. The largest absolute Gasteiger partial charge is 2.00 e. The number of anilines is 3. The molecule has 3 aromatic heterocycles. The molecule has 0 bridgehead atoms. The predicted molar refractivity (Wildman–Crippen MR) is 214 cm³/mol. The normalized spacial score (nSPS) is 12.0. The van der Waals surface area contributed by atoms with E-state index in [0.29, 0.717) is 0 Å². The predicted octanol–water partition coefficient (Wildman–Crippen LogP) is 11.4. The van der Waals surface area contributed by atoms with Crippen LogP contribution in [0.25, 0.3) is 38.9 Å². The summed E-state index contributed by atoms with van der Waals surface area (Å²) in [5.74, 6) is 1.54. The van der Waals surface area contributed by atoms with Crippen LogP contribution in [0.5, 0.6) is 0 Å². The molecule has 53 heavy (non-hydrogen) atoms. The molecule has 6 nitrogen and oxygen atoms in total. The summed E-state index contributed by atoms with van der Waals surface area (Å²) in [7, 11) is 0. The molecule has 5 aromatic carbocycles. The molecule has 0 spiro atoms. The average Bonchev–Trinajstić information content (AvgIpc) is 3.81. The van der Waals surface area contributed by atoms with Crippen molar-refractivity contribution in [1.29, 1.82) is 0 Å². The van der Waals surface area contributed by atoms with Crippen LogP contribution in [0.2, 0.25) is 0 Å². The summed E-state index contributed by atoms with van der Waals surface area (Å²) in [5.41, 5.74) is 10.7. The zero-order valence-electron chi connectivity index (χ0n) is 31.5. The molecule has 0 aliphatic rings. The van der Waals surface area contributed by atoms with Crippen molar-refractivity contribution in [3.8, 4) is 17.1 Å². The number of fused-ring (bicyclic) bond motifs is 3. The van der Waals surface area contributed by atoms with Crippen LogP contribution in [0.4, 0.5) is 17.3 Å². The summed E-state index contributed by atoms with van der Waals surface area (Å²) in [6.07, 6.45) is 0. The first kappa shape index (κ1) is 36.2. The molecule has 0 saturated heterocycles. The molecule has 0 aliphatic carbocycles. The molecule has 0 N–H and O–H groups in total. The monoisotopic (exact) mass is 875 g/mol. The minimum absolute atomic E-state index is 0. The molecule has 8 aromatic rings. The number of para-hydroxylation sites is 2. The Morgan fingerprint density at radius 3 is 1.42 bits per heavy atom. The van der Waals surface area contributed by atoms with E-state index in [2.05, 4.69) is 186 Å². The molecule has 0 aliphatic heterocycles. The van der Waals surface area contributed by atoms with Crippen LogP contribution in [-0.4, -0.2) is 24.1 Å². The Hall–Kier alpha value is -5.19.